The minimum Gasteiger partial charge on any atom is -0.480 e. The molecule has 1 aromatic heterocycles. The van der Waals surface area contributed by atoms with E-state index in [0.29, 0.717) is 12.5 Å². The van der Waals surface area contributed by atoms with Crippen LogP contribution in [0.25, 0.3) is 0 Å². The smallest absolute Gasteiger partial charge is 0.321 e. The lowest BCUT2D eigenvalue weighted by molar-refractivity contribution is -0.145. The Morgan fingerprint density at radius 2 is 2.00 bits per heavy atom. The van der Waals surface area contributed by atoms with Crippen molar-refractivity contribution < 1.29 is 19.0 Å². The summed E-state index contributed by atoms with van der Waals surface area (Å²) in [5.41, 5.74) is 4.53. The van der Waals surface area contributed by atoms with Gasteiger partial charge >= 0.3 is 5.97 Å². The standard InChI is InChI=1S/C31H45FN4O3/c1-6-27-26-19-39-31(29(26)33-36(27)7-2)11-13-35(14-12-31)18-22-16-24(34(5)28(20(3)4)30(37)38)17-25(22)21-9-8-10-23(32)15-21/h8-10,15,20,22,24-25,28H,6-7,11-14,16-19H2,1-5H3,(H,37,38)/t22-,24+,25-,28-/m1/s1. The summed E-state index contributed by atoms with van der Waals surface area (Å²) in [6.07, 6.45) is 4.59. The zero-order valence-corrected chi connectivity index (χ0v) is 24.2. The summed E-state index contributed by atoms with van der Waals surface area (Å²) in [5.74, 6) is -0.431. The van der Waals surface area contributed by atoms with Crippen LogP contribution in [-0.2, 0) is 34.7 Å². The Kier molecular flexibility index (Phi) is 8.18. The molecule has 1 spiro atoms. The number of aromatic nitrogens is 2. The number of nitrogens with zero attached hydrogens (tertiary/aromatic N) is 4. The number of benzene rings is 1. The van der Waals surface area contributed by atoms with Crippen molar-refractivity contribution in [1.82, 2.24) is 19.6 Å². The highest BCUT2D eigenvalue weighted by atomic mass is 19.1. The lowest BCUT2D eigenvalue weighted by Gasteiger charge is -2.40. The molecule has 1 saturated carbocycles. The number of carbonyl (C=O) groups is 1. The van der Waals surface area contributed by atoms with Gasteiger partial charge in [-0.1, -0.05) is 32.9 Å². The number of likely N-dealkylation sites (tertiary alicyclic amines) is 1. The minimum absolute atomic E-state index is 0.0122. The van der Waals surface area contributed by atoms with Crippen molar-refractivity contribution in [3.8, 4) is 0 Å². The van der Waals surface area contributed by atoms with Crippen LogP contribution in [0.4, 0.5) is 4.39 Å². The summed E-state index contributed by atoms with van der Waals surface area (Å²) in [6.45, 7) is 12.6. The molecule has 0 amide bonds. The Labute approximate surface area is 232 Å². The fourth-order valence-corrected chi connectivity index (χ4v) is 7.73. The van der Waals surface area contributed by atoms with Crippen molar-refractivity contribution >= 4 is 5.97 Å². The predicted molar refractivity (Wildman–Crippen MR) is 149 cm³/mol. The van der Waals surface area contributed by atoms with E-state index >= 15 is 0 Å². The number of halogens is 1. The summed E-state index contributed by atoms with van der Waals surface area (Å²) in [7, 11) is 1.95. The molecule has 2 aliphatic heterocycles. The van der Waals surface area contributed by atoms with Gasteiger partial charge in [0.05, 0.1) is 6.61 Å². The number of likely N-dealkylation sites (N-methyl/N-ethyl adjacent to an activating group) is 1. The van der Waals surface area contributed by atoms with Crippen molar-refractivity contribution in [3.63, 3.8) is 0 Å². The van der Waals surface area contributed by atoms with Crippen LogP contribution >= 0.6 is 0 Å². The van der Waals surface area contributed by atoms with E-state index in [1.165, 1.54) is 17.3 Å². The molecule has 1 N–H and O–H groups in total. The molecule has 1 aliphatic carbocycles. The minimum atomic E-state index is -0.771. The number of piperidine rings is 1. The molecule has 2 fully saturated rings. The van der Waals surface area contributed by atoms with Gasteiger partial charge in [-0.25, -0.2) is 4.39 Å². The average molecular weight is 541 g/mol. The van der Waals surface area contributed by atoms with Crippen LogP contribution in [0.3, 0.4) is 0 Å². The topological polar surface area (TPSA) is 70.8 Å². The van der Waals surface area contributed by atoms with Crippen LogP contribution in [-0.4, -0.2) is 69.4 Å². The number of hydrogen-bond donors (Lipinski definition) is 1. The molecule has 3 heterocycles. The Bertz CT molecular complexity index is 1170. The highest BCUT2D eigenvalue weighted by molar-refractivity contribution is 5.73. The maximum atomic E-state index is 14.3. The van der Waals surface area contributed by atoms with Gasteiger partial charge in [-0.05, 0) is 81.5 Å². The van der Waals surface area contributed by atoms with Crippen molar-refractivity contribution in [3.05, 3.63) is 52.6 Å². The third-order valence-corrected chi connectivity index (χ3v) is 9.73. The number of hydrogen-bond acceptors (Lipinski definition) is 5. The third-order valence-electron chi connectivity index (χ3n) is 9.73. The molecule has 1 aromatic carbocycles. The Hall–Kier alpha value is -2.29. The Balaban J connectivity index is 1.31. The van der Waals surface area contributed by atoms with Crippen molar-refractivity contribution in [1.29, 1.82) is 0 Å². The first kappa shape index (κ1) is 28.2. The molecule has 7 nitrogen and oxygen atoms in total. The lowest BCUT2D eigenvalue weighted by atomic mass is 9.85. The normalized spacial score (nSPS) is 25.6. The summed E-state index contributed by atoms with van der Waals surface area (Å²) >= 11 is 0. The molecule has 2 aromatic rings. The summed E-state index contributed by atoms with van der Waals surface area (Å²) in [5, 5.41) is 14.9. The zero-order valence-electron chi connectivity index (χ0n) is 24.2. The Morgan fingerprint density at radius 1 is 1.26 bits per heavy atom. The molecular weight excluding hydrogens is 495 g/mol. The second-order valence-electron chi connectivity index (χ2n) is 12.3. The SMILES string of the molecule is CCc1c2c(nn1CC)C1(CCN(C[C@H]3C[C@H](N(C)[C@@H](C(=O)O)C(C)C)C[C@@H]3c3cccc(F)c3)CC1)OC2. The molecule has 3 aliphatic rings. The molecule has 5 rings (SSSR count). The number of carboxylic acid groups (broad SMARTS) is 1. The number of aliphatic carboxylic acids is 1. The zero-order chi connectivity index (χ0) is 27.9. The van der Waals surface area contributed by atoms with E-state index in [0.717, 1.165) is 69.5 Å². The monoisotopic (exact) mass is 540 g/mol. The summed E-state index contributed by atoms with van der Waals surface area (Å²) in [4.78, 5) is 16.7. The molecule has 39 heavy (non-hydrogen) atoms. The number of rotatable bonds is 9. The summed E-state index contributed by atoms with van der Waals surface area (Å²) < 4.78 is 22.9. The highest BCUT2D eigenvalue weighted by Crippen LogP contribution is 2.47. The van der Waals surface area contributed by atoms with Crippen molar-refractivity contribution in [2.75, 3.05) is 26.7 Å². The number of ether oxygens (including phenoxy) is 1. The van der Waals surface area contributed by atoms with E-state index in [4.69, 9.17) is 9.84 Å². The molecule has 4 atom stereocenters. The van der Waals surface area contributed by atoms with Crippen LogP contribution in [0.2, 0.25) is 0 Å². The van der Waals surface area contributed by atoms with Crippen molar-refractivity contribution in [2.24, 2.45) is 11.8 Å². The molecule has 8 heteroatoms. The first-order valence-electron chi connectivity index (χ1n) is 14.8. The van der Waals surface area contributed by atoms with Gasteiger partial charge in [0.25, 0.3) is 0 Å². The van der Waals surface area contributed by atoms with Gasteiger partial charge in [-0.3, -0.25) is 14.4 Å². The van der Waals surface area contributed by atoms with E-state index in [-0.39, 0.29) is 29.3 Å². The molecular formula is C31H45FN4O3. The number of carboxylic acids is 1. The predicted octanol–water partition coefficient (Wildman–Crippen LogP) is 5.03. The molecule has 1 saturated heterocycles. The molecule has 0 unspecified atom stereocenters. The second kappa shape index (κ2) is 11.3. The third kappa shape index (κ3) is 5.27. The largest absolute Gasteiger partial charge is 0.480 e. The van der Waals surface area contributed by atoms with Gasteiger partial charge < -0.3 is 14.7 Å². The maximum absolute atomic E-state index is 14.3. The van der Waals surface area contributed by atoms with Crippen molar-refractivity contribution in [2.45, 2.75) is 96.6 Å². The molecule has 214 valence electrons. The number of aryl methyl sites for hydroxylation is 1. The van der Waals surface area contributed by atoms with E-state index in [1.807, 2.05) is 27.0 Å². The van der Waals surface area contributed by atoms with E-state index in [1.54, 1.807) is 12.1 Å². The fraction of sp³-hybridized carbons (Fsp3) is 0.677. The van der Waals surface area contributed by atoms with Crippen LogP contribution in [0.1, 0.15) is 81.8 Å². The van der Waals surface area contributed by atoms with Crippen LogP contribution in [0.5, 0.6) is 0 Å². The second-order valence-corrected chi connectivity index (χ2v) is 12.3. The maximum Gasteiger partial charge on any atom is 0.321 e. The van der Waals surface area contributed by atoms with E-state index in [9.17, 15) is 14.3 Å². The van der Waals surface area contributed by atoms with Crippen LogP contribution in [0, 0.1) is 17.7 Å². The van der Waals surface area contributed by atoms with Gasteiger partial charge in [0.2, 0.25) is 0 Å². The average Bonchev–Trinajstić information content (AvgIpc) is 3.58. The number of fused-ring (bicyclic) bond motifs is 2. The van der Waals surface area contributed by atoms with E-state index in [2.05, 4.69) is 28.3 Å². The lowest BCUT2D eigenvalue weighted by Crippen LogP contribution is -2.47. The van der Waals surface area contributed by atoms with Crippen LogP contribution in [0.15, 0.2) is 24.3 Å². The molecule has 0 bridgehead atoms. The van der Waals surface area contributed by atoms with Gasteiger partial charge in [-0.15, -0.1) is 0 Å². The van der Waals surface area contributed by atoms with E-state index < -0.39 is 12.0 Å². The van der Waals surface area contributed by atoms with Gasteiger partial charge in [0.1, 0.15) is 23.2 Å². The van der Waals surface area contributed by atoms with Gasteiger partial charge in [-0.2, -0.15) is 5.10 Å². The first-order valence-corrected chi connectivity index (χ1v) is 14.8. The summed E-state index contributed by atoms with van der Waals surface area (Å²) in [6, 6.07) is 6.63. The van der Waals surface area contributed by atoms with Gasteiger partial charge in [0, 0.05) is 43.5 Å². The van der Waals surface area contributed by atoms with Gasteiger partial charge in [0.15, 0.2) is 0 Å². The fourth-order valence-electron chi connectivity index (χ4n) is 7.73. The Morgan fingerprint density at radius 3 is 2.62 bits per heavy atom. The molecule has 0 radical (unpaired) electrons. The highest BCUT2D eigenvalue weighted by Gasteiger charge is 2.47. The quantitative estimate of drug-likeness (QED) is 0.481. The van der Waals surface area contributed by atoms with Crippen LogP contribution < -0.4 is 0 Å². The first-order chi connectivity index (χ1) is 18.7.